The van der Waals surface area contributed by atoms with Crippen LogP contribution in [0.3, 0.4) is 0 Å². The highest BCUT2D eigenvalue weighted by atomic mass is 35.5. The minimum absolute atomic E-state index is 0.647. The Bertz CT molecular complexity index is 610. The van der Waals surface area contributed by atoms with Crippen molar-refractivity contribution in [1.82, 2.24) is 0 Å². The van der Waals surface area contributed by atoms with Crippen LogP contribution in [-0.2, 0) is 6.54 Å². The van der Waals surface area contributed by atoms with Crippen LogP contribution < -0.4 is 10.1 Å². The molecule has 2 aromatic rings. The molecule has 0 aliphatic rings. The fourth-order valence-corrected chi connectivity index (χ4v) is 2.42. The third-order valence-electron chi connectivity index (χ3n) is 3.37. The number of hydrogen-bond donors (Lipinski definition) is 1. The molecule has 2 aromatic carbocycles. The molecule has 0 amide bonds. The molecule has 1 N–H and O–H groups in total. The van der Waals surface area contributed by atoms with Gasteiger partial charge >= 0.3 is 0 Å². The molecule has 0 bridgehead atoms. The van der Waals surface area contributed by atoms with Crippen LogP contribution in [0.1, 0.15) is 30.0 Å². The van der Waals surface area contributed by atoms with Crippen LogP contribution >= 0.6 is 11.6 Å². The highest BCUT2D eigenvalue weighted by Gasteiger charge is 2.04. The van der Waals surface area contributed by atoms with Gasteiger partial charge in [-0.25, -0.2) is 0 Å². The van der Waals surface area contributed by atoms with Gasteiger partial charge in [-0.15, -0.1) is 0 Å². The molecule has 0 heterocycles. The number of anilines is 1. The standard InChI is InChI=1S/C18H22ClNO/c1-4-9-21-18-8-7-16(11-17(18)19)20-12-15-6-5-13(2)10-14(15)3/h5-8,10-11,20H,4,9,12H2,1-3H3. The van der Waals surface area contributed by atoms with E-state index in [0.29, 0.717) is 11.6 Å². The number of hydrogen-bond acceptors (Lipinski definition) is 2. The second kappa shape index (κ2) is 7.37. The number of nitrogens with one attached hydrogen (secondary N) is 1. The van der Waals surface area contributed by atoms with Gasteiger partial charge in [-0.3, -0.25) is 0 Å². The number of rotatable bonds is 6. The number of ether oxygens (including phenoxy) is 1. The molecule has 2 nitrogen and oxygen atoms in total. The zero-order valence-electron chi connectivity index (χ0n) is 12.9. The van der Waals surface area contributed by atoms with Crippen molar-refractivity contribution in [2.45, 2.75) is 33.7 Å². The van der Waals surface area contributed by atoms with Crippen LogP contribution in [0.15, 0.2) is 36.4 Å². The molecule has 0 fully saturated rings. The topological polar surface area (TPSA) is 21.3 Å². The van der Waals surface area contributed by atoms with E-state index in [-0.39, 0.29) is 0 Å². The fourth-order valence-electron chi connectivity index (χ4n) is 2.18. The molecule has 0 aromatic heterocycles. The Hall–Kier alpha value is -1.67. The van der Waals surface area contributed by atoms with Gasteiger partial charge in [0.05, 0.1) is 11.6 Å². The van der Waals surface area contributed by atoms with E-state index in [1.165, 1.54) is 16.7 Å². The van der Waals surface area contributed by atoms with E-state index >= 15 is 0 Å². The van der Waals surface area contributed by atoms with Crippen LogP contribution in [0.5, 0.6) is 5.75 Å². The SMILES string of the molecule is CCCOc1ccc(NCc2ccc(C)cc2C)cc1Cl. The lowest BCUT2D eigenvalue weighted by Gasteiger charge is -2.12. The van der Waals surface area contributed by atoms with E-state index in [1.54, 1.807) is 0 Å². The Labute approximate surface area is 132 Å². The lowest BCUT2D eigenvalue weighted by molar-refractivity contribution is 0.317. The lowest BCUT2D eigenvalue weighted by atomic mass is 10.1. The van der Waals surface area contributed by atoms with Crippen molar-refractivity contribution < 1.29 is 4.74 Å². The maximum absolute atomic E-state index is 6.23. The minimum Gasteiger partial charge on any atom is -0.492 e. The summed E-state index contributed by atoms with van der Waals surface area (Å²) in [6.45, 7) is 7.80. The summed E-state index contributed by atoms with van der Waals surface area (Å²) in [5, 5.41) is 4.05. The molecular formula is C18H22ClNO. The minimum atomic E-state index is 0.647. The summed E-state index contributed by atoms with van der Waals surface area (Å²) in [7, 11) is 0. The first-order chi connectivity index (χ1) is 10.1. The molecule has 0 aliphatic carbocycles. The first kappa shape index (κ1) is 15.7. The quantitative estimate of drug-likeness (QED) is 0.776. The summed E-state index contributed by atoms with van der Waals surface area (Å²) >= 11 is 6.23. The van der Waals surface area contributed by atoms with Gasteiger partial charge in [0.15, 0.2) is 0 Å². The van der Waals surface area contributed by atoms with Crippen molar-refractivity contribution in [3.8, 4) is 5.75 Å². The summed E-state index contributed by atoms with van der Waals surface area (Å²) in [5.74, 6) is 0.746. The lowest BCUT2D eigenvalue weighted by Crippen LogP contribution is -2.02. The van der Waals surface area contributed by atoms with E-state index < -0.39 is 0 Å². The van der Waals surface area contributed by atoms with Crippen LogP contribution in [0.4, 0.5) is 5.69 Å². The van der Waals surface area contributed by atoms with Gasteiger partial charge in [-0.2, -0.15) is 0 Å². The van der Waals surface area contributed by atoms with Crippen LogP contribution in [0.25, 0.3) is 0 Å². The molecule has 0 atom stereocenters. The van der Waals surface area contributed by atoms with Gasteiger partial charge in [0.2, 0.25) is 0 Å². The van der Waals surface area contributed by atoms with Gasteiger partial charge in [-0.1, -0.05) is 42.3 Å². The van der Waals surface area contributed by atoms with E-state index in [9.17, 15) is 0 Å². The molecule has 3 heteroatoms. The number of halogens is 1. The molecule has 2 rings (SSSR count). The molecular weight excluding hydrogens is 282 g/mol. The Kier molecular flexibility index (Phi) is 5.51. The zero-order chi connectivity index (χ0) is 15.2. The summed E-state index contributed by atoms with van der Waals surface area (Å²) in [6.07, 6.45) is 0.975. The van der Waals surface area contributed by atoms with E-state index in [0.717, 1.165) is 24.4 Å². The van der Waals surface area contributed by atoms with Crippen molar-refractivity contribution >= 4 is 17.3 Å². The smallest absolute Gasteiger partial charge is 0.138 e. The molecule has 112 valence electrons. The molecule has 0 spiro atoms. The highest BCUT2D eigenvalue weighted by Crippen LogP contribution is 2.28. The summed E-state index contributed by atoms with van der Waals surface area (Å²) in [6, 6.07) is 12.3. The number of aryl methyl sites for hydroxylation is 2. The Morgan fingerprint density at radius 2 is 1.90 bits per heavy atom. The average molecular weight is 304 g/mol. The van der Waals surface area contributed by atoms with Gasteiger partial charge < -0.3 is 10.1 Å². The van der Waals surface area contributed by atoms with E-state index in [2.05, 4.69) is 44.3 Å². The normalized spacial score (nSPS) is 10.5. The fraction of sp³-hybridized carbons (Fsp3) is 0.333. The Balaban J connectivity index is 2.01. The summed E-state index contributed by atoms with van der Waals surface area (Å²) < 4.78 is 5.58. The van der Waals surface area contributed by atoms with Crippen molar-refractivity contribution in [3.05, 3.63) is 58.1 Å². The second-order valence-corrected chi connectivity index (χ2v) is 5.68. The van der Waals surface area contributed by atoms with Gasteiger partial charge in [0.25, 0.3) is 0 Å². The first-order valence-corrected chi connectivity index (χ1v) is 7.70. The van der Waals surface area contributed by atoms with Gasteiger partial charge in [-0.05, 0) is 49.6 Å². The predicted molar refractivity (Wildman–Crippen MR) is 90.5 cm³/mol. The zero-order valence-corrected chi connectivity index (χ0v) is 13.6. The number of benzene rings is 2. The van der Waals surface area contributed by atoms with Gasteiger partial charge in [0, 0.05) is 12.2 Å². The van der Waals surface area contributed by atoms with Crippen molar-refractivity contribution in [2.75, 3.05) is 11.9 Å². The maximum atomic E-state index is 6.23. The highest BCUT2D eigenvalue weighted by molar-refractivity contribution is 6.32. The summed E-state index contributed by atoms with van der Waals surface area (Å²) in [4.78, 5) is 0. The predicted octanol–water partition coefficient (Wildman–Crippen LogP) is 5.36. The molecule has 0 saturated carbocycles. The molecule has 0 saturated heterocycles. The van der Waals surface area contributed by atoms with Crippen LogP contribution in [0.2, 0.25) is 5.02 Å². The van der Waals surface area contributed by atoms with Crippen molar-refractivity contribution in [2.24, 2.45) is 0 Å². The molecule has 0 aliphatic heterocycles. The third kappa shape index (κ3) is 4.40. The largest absolute Gasteiger partial charge is 0.492 e. The third-order valence-corrected chi connectivity index (χ3v) is 3.67. The Morgan fingerprint density at radius 1 is 1.10 bits per heavy atom. The van der Waals surface area contributed by atoms with Crippen molar-refractivity contribution in [3.63, 3.8) is 0 Å². The first-order valence-electron chi connectivity index (χ1n) is 7.32. The summed E-state index contributed by atoms with van der Waals surface area (Å²) in [5.41, 5.74) is 4.89. The van der Waals surface area contributed by atoms with E-state index in [4.69, 9.17) is 16.3 Å². The maximum Gasteiger partial charge on any atom is 0.138 e. The van der Waals surface area contributed by atoms with Gasteiger partial charge in [0.1, 0.15) is 5.75 Å². The van der Waals surface area contributed by atoms with E-state index in [1.807, 2.05) is 18.2 Å². The molecule has 0 radical (unpaired) electrons. The van der Waals surface area contributed by atoms with Crippen LogP contribution in [0, 0.1) is 13.8 Å². The molecule has 21 heavy (non-hydrogen) atoms. The average Bonchev–Trinajstić information content (AvgIpc) is 2.45. The second-order valence-electron chi connectivity index (χ2n) is 5.28. The monoisotopic (exact) mass is 303 g/mol. The van der Waals surface area contributed by atoms with Crippen LogP contribution in [-0.4, -0.2) is 6.61 Å². The molecule has 0 unspecified atom stereocenters. The Morgan fingerprint density at radius 3 is 2.57 bits per heavy atom. The van der Waals surface area contributed by atoms with Crippen molar-refractivity contribution in [1.29, 1.82) is 0 Å².